The molecule has 2 heterocycles. The molecule has 26 heavy (non-hydrogen) atoms. The first kappa shape index (κ1) is 19.0. The van der Waals surface area contributed by atoms with Gasteiger partial charge in [-0.05, 0) is 49.9 Å². The van der Waals surface area contributed by atoms with Crippen LogP contribution in [0, 0.1) is 0 Å². The summed E-state index contributed by atoms with van der Waals surface area (Å²) in [5.41, 5.74) is 1.35. The average Bonchev–Trinajstić information content (AvgIpc) is 2.70. The van der Waals surface area contributed by atoms with Crippen molar-refractivity contribution in [2.75, 3.05) is 53.0 Å². The smallest absolute Gasteiger partial charge is 0.317 e. The van der Waals surface area contributed by atoms with Crippen LogP contribution in [0.1, 0.15) is 24.8 Å². The van der Waals surface area contributed by atoms with E-state index in [9.17, 15) is 4.79 Å². The van der Waals surface area contributed by atoms with Crippen LogP contribution >= 0.6 is 0 Å². The number of urea groups is 1. The maximum atomic E-state index is 12.4. The van der Waals surface area contributed by atoms with Crippen LogP contribution in [0.25, 0.3) is 0 Å². The molecule has 0 radical (unpaired) electrons. The quantitative estimate of drug-likeness (QED) is 0.843. The Hall–Kier alpha value is -1.79. The van der Waals surface area contributed by atoms with Gasteiger partial charge in [0.1, 0.15) is 5.75 Å². The molecule has 2 saturated heterocycles. The minimum Gasteiger partial charge on any atom is -0.497 e. The fourth-order valence-electron chi connectivity index (χ4n) is 3.58. The SMILES string of the molecule is COc1ccc(CCCN2CCN(C(=O)NC3CCOCC3)CC2)cc1. The second-order valence-electron chi connectivity index (χ2n) is 7.12. The van der Waals surface area contributed by atoms with Gasteiger partial charge in [-0.3, -0.25) is 4.90 Å². The minimum absolute atomic E-state index is 0.0924. The topological polar surface area (TPSA) is 54.0 Å². The van der Waals surface area contributed by atoms with Crippen molar-refractivity contribution < 1.29 is 14.3 Å². The summed E-state index contributed by atoms with van der Waals surface area (Å²) in [4.78, 5) is 16.8. The molecule has 1 N–H and O–H groups in total. The first-order chi connectivity index (χ1) is 12.7. The molecule has 2 amide bonds. The molecule has 0 aromatic heterocycles. The first-order valence-corrected chi connectivity index (χ1v) is 9.73. The van der Waals surface area contributed by atoms with Crippen molar-refractivity contribution in [2.45, 2.75) is 31.7 Å². The summed E-state index contributed by atoms with van der Waals surface area (Å²) in [6.07, 6.45) is 4.07. The minimum atomic E-state index is 0.0924. The number of piperazine rings is 1. The molecule has 6 heteroatoms. The number of rotatable bonds is 6. The van der Waals surface area contributed by atoms with E-state index in [1.807, 2.05) is 17.0 Å². The molecule has 0 bridgehead atoms. The molecule has 6 nitrogen and oxygen atoms in total. The fourth-order valence-corrected chi connectivity index (χ4v) is 3.58. The van der Waals surface area contributed by atoms with Gasteiger partial charge in [-0.2, -0.15) is 0 Å². The average molecular weight is 361 g/mol. The van der Waals surface area contributed by atoms with Crippen molar-refractivity contribution in [3.05, 3.63) is 29.8 Å². The molecular weight excluding hydrogens is 330 g/mol. The number of aryl methyl sites for hydroxylation is 1. The number of ether oxygens (including phenoxy) is 2. The van der Waals surface area contributed by atoms with Crippen molar-refractivity contribution in [3.63, 3.8) is 0 Å². The Morgan fingerprint density at radius 2 is 1.85 bits per heavy atom. The lowest BCUT2D eigenvalue weighted by atomic mass is 10.1. The fraction of sp³-hybridized carbons (Fsp3) is 0.650. The van der Waals surface area contributed by atoms with Crippen LogP contribution in [0.3, 0.4) is 0 Å². The Balaban J connectivity index is 1.32. The van der Waals surface area contributed by atoms with E-state index in [0.29, 0.717) is 0 Å². The Bertz CT molecular complexity index is 550. The summed E-state index contributed by atoms with van der Waals surface area (Å²) in [5, 5.41) is 3.16. The normalized spacial score (nSPS) is 19.3. The third-order valence-electron chi connectivity index (χ3n) is 5.31. The summed E-state index contributed by atoms with van der Waals surface area (Å²) in [6.45, 7) is 6.16. The van der Waals surface area contributed by atoms with Gasteiger partial charge in [-0.1, -0.05) is 12.1 Å². The van der Waals surface area contributed by atoms with Crippen LogP contribution in [0.2, 0.25) is 0 Å². The zero-order valence-corrected chi connectivity index (χ0v) is 15.8. The second kappa shape index (κ2) is 9.78. The number of carbonyl (C=O) groups excluding carboxylic acids is 1. The van der Waals surface area contributed by atoms with Gasteiger partial charge in [-0.15, -0.1) is 0 Å². The Kier molecular flexibility index (Phi) is 7.14. The molecule has 2 aliphatic rings. The maximum absolute atomic E-state index is 12.4. The number of nitrogens with one attached hydrogen (secondary N) is 1. The number of amides is 2. The third-order valence-corrected chi connectivity index (χ3v) is 5.31. The van der Waals surface area contributed by atoms with Crippen molar-refractivity contribution in [3.8, 4) is 5.75 Å². The highest BCUT2D eigenvalue weighted by molar-refractivity contribution is 5.74. The zero-order chi connectivity index (χ0) is 18.2. The predicted molar refractivity (Wildman–Crippen MR) is 102 cm³/mol. The molecule has 0 aliphatic carbocycles. The third kappa shape index (κ3) is 5.61. The molecule has 2 fully saturated rings. The summed E-state index contributed by atoms with van der Waals surface area (Å²) < 4.78 is 10.5. The van der Waals surface area contributed by atoms with Gasteiger partial charge >= 0.3 is 6.03 Å². The molecule has 1 aromatic carbocycles. The second-order valence-corrected chi connectivity index (χ2v) is 7.12. The predicted octanol–water partition coefficient (Wildman–Crippen LogP) is 2.13. The molecule has 0 spiro atoms. The lowest BCUT2D eigenvalue weighted by molar-refractivity contribution is 0.0760. The molecular formula is C20H31N3O3. The van der Waals surface area contributed by atoms with Gasteiger partial charge in [0.25, 0.3) is 0 Å². The number of benzene rings is 1. The Morgan fingerprint density at radius 3 is 2.50 bits per heavy atom. The highest BCUT2D eigenvalue weighted by Gasteiger charge is 2.23. The van der Waals surface area contributed by atoms with E-state index < -0.39 is 0 Å². The van der Waals surface area contributed by atoms with E-state index in [0.717, 1.165) is 77.4 Å². The molecule has 3 rings (SSSR count). The van der Waals surface area contributed by atoms with Crippen molar-refractivity contribution in [1.29, 1.82) is 0 Å². The molecule has 0 unspecified atom stereocenters. The molecule has 1 aromatic rings. The Morgan fingerprint density at radius 1 is 1.15 bits per heavy atom. The van der Waals surface area contributed by atoms with E-state index in [1.165, 1.54) is 5.56 Å². The number of methoxy groups -OCH3 is 1. The molecule has 144 valence electrons. The van der Waals surface area contributed by atoms with Crippen molar-refractivity contribution >= 4 is 6.03 Å². The van der Waals surface area contributed by atoms with E-state index in [4.69, 9.17) is 9.47 Å². The van der Waals surface area contributed by atoms with Crippen molar-refractivity contribution in [2.24, 2.45) is 0 Å². The van der Waals surface area contributed by atoms with Gasteiger partial charge in [0.2, 0.25) is 0 Å². The van der Waals surface area contributed by atoms with Crippen LogP contribution in [-0.4, -0.2) is 74.9 Å². The van der Waals surface area contributed by atoms with Crippen molar-refractivity contribution in [1.82, 2.24) is 15.1 Å². The van der Waals surface area contributed by atoms with Gasteiger partial charge in [0, 0.05) is 45.4 Å². The van der Waals surface area contributed by atoms with Gasteiger partial charge < -0.3 is 19.7 Å². The van der Waals surface area contributed by atoms with Crippen LogP contribution in [0.4, 0.5) is 4.79 Å². The summed E-state index contributed by atoms with van der Waals surface area (Å²) >= 11 is 0. The molecule has 0 saturated carbocycles. The first-order valence-electron chi connectivity index (χ1n) is 9.73. The van der Waals surface area contributed by atoms with Gasteiger partial charge in [0.05, 0.1) is 7.11 Å². The monoisotopic (exact) mass is 361 g/mol. The van der Waals surface area contributed by atoms with Gasteiger partial charge in [0.15, 0.2) is 0 Å². The number of nitrogens with zero attached hydrogens (tertiary/aromatic N) is 2. The number of carbonyl (C=O) groups is 1. The van der Waals surface area contributed by atoms with E-state index >= 15 is 0 Å². The van der Waals surface area contributed by atoms with E-state index in [-0.39, 0.29) is 12.1 Å². The number of hydrogen-bond donors (Lipinski definition) is 1. The van der Waals surface area contributed by atoms with Crippen LogP contribution in [-0.2, 0) is 11.2 Å². The van der Waals surface area contributed by atoms with E-state index in [2.05, 4.69) is 22.3 Å². The summed E-state index contributed by atoms with van der Waals surface area (Å²) in [5.74, 6) is 0.906. The Labute approximate surface area is 156 Å². The lowest BCUT2D eigenvalue weighted by Crippen LogP contribution is -2.54. The number of hydrogen-bond acceptors (Lipinski definition) is 4. The molecule has 2 aliphatic heterocycles. The zero-order valence-electron chi connectivity index (χ0n) is 15.8. The summed E-state index contributed by atoms with van der Waals surface area (Å²) in [6, 6.07) is 8.68. The largest absolute Gasteiger partial charge is 0.497 e. The van der Waals surface area contributed by atoms with Crippen LogP contribution < -0.4 is 10.1 Å². The van der Waals surface area contributed by atoms with Crippen LogP contribution in [0.5, 0.6) is 5.75 Å². The van der Waals surface area contributed by atoms with Crippen LogP contribution in [0.15, 0.2) is 24.3 Å². The standard InChI is InChI=1S/C20H31N3O3/c1-25-19-6-4-17(5-7-19)3-2-10-22-11-13-23(14-12-22)20(24)21-18-8-15-26-16-9-18/h4-7,18H,2-3,8-16H2,1H3,(H,21,24). The van der Waals surface area contributed by atoms with Gasteiger partial charge in [-0.25, -0.2) is 4.79 Å². The van der Waals surface area contributed by atoms with E-state index in [1.54, 1.807) is 7.11 Å². The molecule has 0 atom stereocenters. The summed E-state index contributed by atoms with van der Waals surface area (Å²) in [7, 11) is 1.69. The highest BCUT2D eigenvalue weighted by Crippen LogP contribution is 2.13. The highest BCUT2D eigenvalue weighted by atomic mass is 16.5. The maximum Gasteiger partial charge on any atom is 0.317 e. The lowest BCUT2D eigenvalue weighted by Gasteiger charge is -2.36.